The quantitative estimate of drug-likeness (QED) is 0.587. The summed E-state index contributed by atoms with van der Waals surface area (Å²) in [6.45, 7) is 3.33. The van der Waals surface area contributed by atoms with E-state index in [-0.39, 0.29) is 12.2 Å². The predicted molar refractivity (Wildman–Crippen MR) is 72.0 cm³/mol. The van der Waals surface area contributed by atoms with Gasteiger partial charge in [0.05, 0.1) is 17.7 Å². The molecule has 0 aliphatic heterocycles. The van der Waals surface area contributed by atoms with E-state index in [0.29, 0.717) is 5.69 Å². The number of nitrogens with zero attached hydrogens (tertiary/aromatic N) is 1. The molecule has 0 spiro atoms. The molecule has 0 bridgehead atoms. The fourth-order valence-corrected chi connectivity index (χ4v) is 1.67. The lowest BCUT2D eigenvalue weighted by Gasteiger charge is -2.36. The Morgan fingerprint density at radius 3 is 2.30 bits per heavy atom. The van der Waals surface area contributed by atoms with Crippen LogP contribution in [0, 0.1) is 5.41 Å². The molecule has 0 heterocycles. The van der Waals surface area contributed by atoms with Crippen molar-refractivity contribution in [1.29, 1.82) is 5.41 Å². The molecule has 112 valence electrons. The number of amidine groups is 1. The monoisotopic (exact) mass is 289 g/mol. The maximum absolute atomic E-state index is 12.8. The molecule has 1 aromatic carbocycles. The van der Waals surface area contributed by atoms with Crippen molar-refractivity contribution in [3.05, 3.63) is 29.3 Å². The number of aliphatic hydroxyl groups is 1. The van der Waals surface area contributed by atoms with Crippen molar-refractivity contribution in [3.63, 3.8) is 0 Å². The van der Waals surface area contributed by atoms with Crippen molar-refractivity contribution in [1.82, 2.24) is 0 Å². The van der Waals surface area contributed by atoms with Crippen molar-refractivity contribution in [3.8, 4) is 0 Å². The van der Waals surface area contributed by atoms with Gasteiger partial charge in [0.1, 0.15) is 5.84 Å². The Morgan fingerprint density at radius 1 is 1.35 bits per heavy atom. The molecule has 0 amide bonds. The van der Waals surface area contributed by atoms with Crippen LogP contribution in [-0.4, -0.2) is 30.1 Å². The van der Waals surface area contributed by atoms with Crippen LogP contribution in [0.25, 0.3) is 0 Å². The van der Waals surface area contributed by atoms with Crippen molar-refractivity contribution >= 4 is 11.5 Å². The molecule has 1 rings (SSSR count). The molecule has 0 atom stereocenters. The summed E-state index contributed by atoms with van der Waals surface area (Å²) in [5.41, 5.74) is 3.73. The smallest absolute Gasteiger partial charge is 0.394 e. The van der Waals surface area contributed by atoms with Gasteiger partial charge in [-0.15, -0.1) is 0 Å². The Morgan fingerprint density at radius 2 is 1.90 bits per heavy atom. The highest BCUT2D eigenvalue weighted by Gasteiger charge is 2.34. The van der Waals surface area contributed by atoms with Crippen molar-refractivity contribution < 1.29 is 18.3 Å². The van der Waals surface area contributed by atoms with Crippen LogP contribution in [0.5, 0.6) is 0 Å². The van der Waals surface area contributed by atoms with E-state index in [1.54, 1.807) is 25.8 Å². The number of nitrogen functional groups attached to an aromatic ring is 1. The number of rotatable bonds is 4. The summed E-state index contributed by atoms with van der Waals surface area (Å²) < 4.78 is 38.5. The van der Waals surface area contributed by atoms with Gasteiger partial charge in [-0.3, -0.25) is 5.41 Å². The molecule has 0 unspecified atom stereocenters. The normalized spacial score (nSPS) is 12.3. The molecule has 0 saturated heterocycles. The summed E-state index contributed by atoms with van der Waals surface area (Å²) in [6.07, 6.45) is -4.56. The zero-order valence-corrected chi connectivity index (χ0v) is 11.5. The number of alkyl halides is 3. The lowest BCUT2D eigenvalue weighted by molar-refractivity contribution is -0.137. The number of nitrogens with one attached hydrogen (secondary N) is 1. The summed E-state index contributed by atoms with van der Waals surface area (Å²) in [5, 5.41) is 16.6. The molecular weight excluding hydrogens is 271 g/mol. The van der Waals surface area contributed by atoms with Gasteiger partial charge in [0.2, 0.25) is 0 Å². The minimum atomic E-state index is -4.56. The summed E-state index contributed by atoms with van der Waals surface area (Å²) in [6, 6.07) is 3.41. The van der Waals surface area contributed by atoms with E-state index >= 15 is 0 Å². The number of nitrogens with two attached hydrogens (primary N) is 1. The molecule has 0 aromatic heterocycles. The first-order valence-corrected chi connectivity index (χ1v) is 5.91. The minimum Gasteiger partial charge on any atom is -0.394 e. The summed E-state index contributed by atoms with van der Waals surface area (Å²) in [4.78, 5) is 1.64. The van der Waals surface area contributed by atoms with Gasteiger partial charge in [-0.2, -0.15) is 13.2 Å². The number of hydrogen-bond acceptors (Lipinski definition) is 3. The topological polar surface area (TPSA) is 73.3 Å². The van der Waals surface area contributed by atoms with E-state index in [9.17, 15) is 18.3 Å². The first-order valence-electron chi connectivity index (χ1n) is 5.91. The van der Waals surface area contributed by atoms with E-state index in [4.69, 9.17) is 11.1 Å². The molecule has 20 heavy (non-hydrogen) atoms. The minimum absolute atomic E-state index is 0.167. The number of halogens is 3. The number of hydrogen-bond donors (Lipinski definition) is 3. The van der Waals surface area contributed by atoms with Crippen molar-refractivity contribution in [2.75, 3.05) is 18.6 Å². The third-order valence-corrected chi connectivity index (χ3v) is 3.28. The van der Waals surface area contributed by atoms with Crippen LogP contribution in [0.1, 0.15) is 25.0 Å². The van der Waals surface area contributed by atoms with E-state index in [2.05, 4.69) is 0 Å². The maximum Gasteiger partial charge on any atom is 0.417 e. The number of likely N-dealkylation sites (N-methyl/N-ethyl adjacent to an activating group) is 1. The third-order valence-electron chi connectivity index (χ3n) is 3.28. The van der Waals surface area contributed by atoms with Gasteiger partial charge in [-0.1, -0.05) is 0 Å². The van der Waals surface area contributed by atoms with Gasteiger partial charge in [0.25, 0.3) is 0 Å². The molecular formula is C13H18F3N3O. The summed E-state index contributed by atoms with van der Waals surface area (Å²) in [7, 11) is 1.66. The van der Waals surface area contributed by atoms with Crippen LogP contribution in [-0.2, 0) is 6.18 Å². The zero-order chi connectivity index (χ0) is 15.7. The molecule has 0 saturated carbocycles. The largest absolute Gasteiger partial charge is 0.417 e. The van der Waals surface area contributed by atoms with Gasteiger partial charge in [0, 0.05) is 18.3 Å². The maximum atomic E-state index is 12.8. The first-order chi connectivity index (χ1) is 9.00. The third kappa shape index (κ3) is 3.22. The lowest BCUT2D eigenvalue weighted by atomic mass is 10.0. The molecule has 4 N–H and O–H groups in total. The fourth-order valence-electron chi connectivity index (χ4n) is 1.67. The molecule has 0 aliphatic carbocycles. The van der Waals surface area contributed by atoms with Crippen LogP contribution >= 0.6 is 0 Å². The standard InChI is InChI=1S/C13H18F3N3O/c1-12(2,7-20)19(3)8-4-5-10(13(14,15)16)9(6-8)11(17)18/h4-6,20H,7H2,1-3H3,(H3,17,18). The first kappa shape index (κ1) is 16.3. The van der Waals surface area contributed by atoms with E-state index < -0.39 is 23.1 Å². The Bertz CT molecular complexity index is 512. The van der Waals surface area contributed by atoms with Crippen LogP contribution < -0.4 is 10.6 Å². The van der Waals surface area contributed by atoms with Crippen LogP contribution in [0.2, 0.25) is 0 Å². The van der Waals surface area contributed by atoms with E-state index in [0.717, 1.165) is 6.07 Å². The highest BCUT2D eigenvalue weighted by molar-refractivity contribution is 5.97. The second kappa shape index (κ2) is 5.32. The van der Waals surface area contributed by atoms with E-state index in [1.807, 2.05) is 0 Å². The van der Waals surface area contributed by atoms with Crippen LogP contribution in [0.4, 0.5) is 18.9 Å². The molecule has 7 heteroatoms. The Labute approximate surface area is 115 Å². The molecule has 0 fully saturated rings. The highest BCUT2D eigenvalue weighted by Crippen LogP contribution is 2.34. The number of anilines is 1. The predicted octanol–water partition coefficient (Wildman–Crippen LogP) is 2.20. The summed E-state index contributed by atoms with van der Waals surface area (Å²) in [5.74, 6) is -0.644. The van der Waals surface area contributed by atoms with Gasteiger partial charge >= 0.3 is 6.18 Å². The van der Waals surface area contributed by atoms with Crippen LogP contribution in [0.3, 0.4) is 0 Å². The molecule has 0 radical (unpaired) electrons. The average Bonchev–Trinajstić information content (AvgIpc) is 2.35. The van der Waals surface area contributed by atoms with Gasteiger partial charge < -0.3 is 15.7 Å². The number of aliphatic hydroxyl groups excluding tert-OH is 1. The van der Waals surface area contributed by atoms with E-state index in [1.165, 1.54) is 12.1 Å². The van der Waals surface area contributed by atoms with Gasteiger partial charge in [-0.25, -0.2) is 0 Å². The Kier molecular flexibility index (Phi) is 4.33. The van der Waals surface area contributed by atoms with Crippen molar-refractivity contribution in [2.24, 2.45) is 5.73 Å². The Hall–Kier alpha value is -1.76. The second-order valence-electron chi connectivity index (χ2n) is 5.17. The molecule has 4 nitrogen and oxygen atoms in total. The fraction of sp³-hybridized carbons (Fsp3) is 0.462. The van der Waals surface area contributed by atoms with Crippen molar-refractivity contribution in [2.45, 2.75) is 25.6 Å². The summed E-state index contributed by atoms with van der Waals surface area (Å²) >= 11 is 0. The number of benzene rings is 1. The second-order valence-corrected chi connectivity index (χ2v) is 5.17. The van der Waals surface area contributed by atoms with Gasteiger partial charge in [-0.05, 0) is 32.0 Å². The van der Waals surface area contributed by atoms with Gasteiger partial charge in [0.15, 0.2) is 0 Å². The average molecular weight is 289 g/mol. The molecule has 0 aliphatic rings. The Balaban J connectivity index is 3.35. The zero-order valence-electron chi connectivity index (χ0n) is 11.5. The lowest BCUT2D eigenvalue weighted by Crippen LogP contribution is -2.44. The highest BCUT2D eigenvalue weighted by atomic mass is 19.4. The SMILES string of the molecule is CN(c1ccc(C(F)(F)F)c(C(=N)N)c1)C(C)(C)CO. The molecule has 1 aromatic rings. The van der Waals surface area contributed by atoms with Crippen LogP contribution in [0.15, 0.2) is 18.2 Å².